The zero-order chi connectivity index (χ0) is 19.1. The van der Waals surface area contributed by atoms with E-state index in [9.17, 15) is 4.79 Å². The topological polar surface area (TPSA) is 82.1 Å². The molecule has 144 valence electrons. The van der Waals surface area contributed by atoms with Crippen LogP contribution in [0.1, 0.15) is 66.7 Å². The summed E-state index contributed by atoms with van der Waals surface area (Å²) in [6, 6.07) is 0. The summed E-state index contributed by atoms with van der Waals surface area (Å²) in [4.78, 5) is 9.82. The second kappa shape index (κ2) is 9.39. The van der Waals surface area contributed by atoms with Gasteiger partial charge in [0.05, 0.1) is 17.8 Å². The Balaban J connectivity index is 0.000000299. The lowest BCUT2D eigenvalue weighted by Gasteiger charge is -2.29. The van der Waals surface area contributed by atoms with Crippen LogP contribution in [0.2, 0.25) is 0 Å². The molecule has 0 bridgehead atoms. The molecule has 0 radical (unpaired) electrons. The summed E-state index contributed by atoms with van der Waals surface area (Å²) in [6.07, 6.45) is 10.0. The summed E-state index contributed by atoms with van der Waals surface area (Å²) in [7, 11) is 0. The van der Waals surface area contributed by atoms with Gasteiger partial charge in [-0.3, -0.25) is 0 Å². The Morgan fingerprint density at radius 2 is 1.92 bits per heavy atom. The first-order chi connectivity index (χ1) is 11.6. The fraction of sp³-hybridized carbons (Fsp3) is 0.750. The highest BCUT2D eigenvalue weighted by atomic mass is 16.6. The predicted octanol–water partition coefficient (Wildman–Crippen LogP) is 4.27. The third-order valence-corrected chi connectivity index (χ3v) is 4.68. The molecule has 1 heterocycles. The van der Waals surface area contributed by atoms with Gasteiger partial charge < -0.3 is 20.3 Å². The first-order valence-corrected chi connectivity index (χ1v) is 9.19. The van der Waals surface area contributed by atoms with E-state index in [1.807, 2.05) is 0 Å². The van der Waals surface area contributed by atoms with Crippen molar-refractivity contribution in [3.8, 4) is 0 Å². The minimum Gasteiger partial charge on any atom is -0.465 e. The minimum absolute atomic E-state index is 0.0579. The summed E-state index contributed by atoms with van der Waals surface area (Å²) in [5, 5.41) is 19.0. The molecule has 5 nitrogen and oxygen atoms in total. The highest BCUT2D eigenvalue weighted by molar-refractivity contribution is 5.64. The van der Waals surface area contributed by atoms with Crippen molar-refractivity contribution in [3.05, 3.63) is 23.3 Å². The molecule has 1 aliphatic heterocycles. The Labute approximate surface area is 152 Å². The van der Waals surface area contributed by atoms with E-state index in [4.69, 9.17) is 14.9 Å². The van der Waals surface area contributed by atoms with Crippen molar-refractivity contribution < 1.29 is 19.7 Å². The highest BCUT2D eigenvalue weighted by Gasteiger charge is 2.52. The van der Waals surface area contributed by atoms with Crippen molar-refractivity contribution in [3.63, 3.8) is 0 Å². The van der Waals surface area contributed by atoms with E-state index in [0.29, 0.717) is 5.92 Å². The van der Waals surface area contributed by atoms with Crippen molar-refractivity contribution in [1.82, 2.24) is 5.32 Å². The molecule has 2 rings (SSSR count). The van der Waals surface area contributed by atoms with E-state index in [2.05, 4.69) is 38.2 Å². The average molecular weight is 354 g/mol. The normalized spacial score (nSPS) is 25.7. The van der Waals surface area contributed by atoms with Gasteiger partial charge in [0.1, 0.15) is 0 Å². The molecule has 1 spiro atoms. The molecule has 2 fully saturated rings. The third-order valence-electron chi connectivity index (χ3n) is 4.68. The first kappa shape index (κ1) is 21.7. The van der Waals surface area contributed by atoms with Gasteiger partial charge in [0.25, 0.3) is 0 Å². The number of rotatable bonds is 5. The second-order valence-electron chi connectivity index (χ2n) is 8.09. The lowest BCUT2D eigenvalue weighted by molar-refractivity contribution is 0.0785. The second-order valence-corrected chi connectivity index (χ2v) is 8.09. The molecular formula is C20H35NO4. The van der Waals surface area contributed by atoms with Gasteiger partial charge in [-0.2, -0.15) is 0 Å². The molecule has 1 saturated heterocycles. The molecule has 2 aliphatic rings. The number of carboxylic acid groups (broad SMARTS) is 1. The maximum absolute atomic E-state index is 9.82. The molecule has 25 heavy (non-hydrogen) atoms. The molecule has 0 aromatic heterocycles. The Kier molecular flexibility index (Phi) is 8.16. The SMILES string of the molecule is CC(C)(O)CNC(=O)O.CC(C)=CC/C=C(\C)C1CCCCC12CO2. The lowest BCUT2D eigenvalue weighted by atomic mass is 9.75. The summed E-state index contributed by atoms with van der Waals surface area (Å²) < 4.78 is 5.74. The Morgan fingerprint density at radius 1 is 1.28 bits per heavy atom. The zero-order valence-corrected chi connectivity index (χ0v) is 16.4. The number of epoxide rings is 1. The summed E-state index contributed by atoms with van der Waals surface area (Å²) >= 11 is 0. The molecular weight excluding hydrogens is 318 g/mol. The van der Waals surface area contributed by atoms with Crippen LogP contribution in [-0.2, 0) is 4.74 Å². The van der Waals surface area contributed by atoms with Crippen molar-refractivity contribution in [2.75, 3.05) is 13.2 Å². The molecule has 1 saturated carbocycles. The van der Waals surface area contributed by atoms with Crippen LogP contribution in [0.15, 0.2) is 23.3 Å². The Hall–Kier alpha value is -1.33. The van der Waals surface area contributed by atoms with E-state index < -0.39 is 11.7 Å². The minimum atomic E-state index is -1.11. The fourth-order valence-corrected chi connectivity index (χ4v) is 3.21. The van der Waals surface area contributed by atoms with Crippen LogP contribution in [0.25, 0.3) is 0 Å². The van der Waals surface area contributed by atoms with E-state index >= 15 is 0 Å². The van der Waals surface area contributed by atoms with Gasteiger partial charge in [0.2, 0.25) is 0 Å². The van der Waals surface area contributed by atoms with E-state index in [0.717, 1.165) is 13.0 Å². The predicted molar refractivity (Wildman–Crippen MR) is 101 cm³/mol. The molecule has 5 heteroatoms. The highest BCUT2D eigenvalue weighted by Crippen LogP contribution is 2.49. The van der Waals surface area contributed by atoms with Crippen molar-refractivity contribution in [1.29, 1.82) is 0 Å². The number of nitrogens with one attached hydrogen (secondary N) is 1. The number of aliphatic hydroxyl groups is 1. The maximum atomic E-state index is 9.82. The number of hydrogen-bond donors (Lipinski definition) is 3. The van der Waals surface area contributed by atoms with E-state index in [-0.39, 0.29) is 12.1 Å². The average Bonchev–Trinajstić information content (AvgIpc) is 3.25. The number of allylic oxidation sites excluding steroid dienone is 3. The van der Waals surface area contributed by atoms with Gasteiger partial charge >= 0.3 is 6.09 Å². The number of hydrogen-bond acceptors (Lipinski definition) is 3. The molecule has 0 aromatic rings. The van der Waals surface area contributed by atoms with Gasteiger partial charge in [0.15, 0.2) is 0 Å². The molecule has 2 atom stereocenters. The van der Waals surface area contributed by atoms with Crippen molar-refractivity contribution >= 4 is 6.09 Å². The van der Waals surface area contributed by atoms with Crippen LogP contribution in [-0.4, -0.2) is 40.7 Å². The Bertz CT molecular complexity index is 494. The van der Waals surface area contributed by atoms with Crippen LogP contribution in [0.3, 0.4) is 0 Å². The number of ether oxygens (including phenoxy) is 1. The molecule has 2 unspecified atom stereocenters. The maximum Gasteiger partial charge on any atom is 0.404 e. The standard InChI is InChI=1S/C15H24O.C5H11NO3/c1-12(2)7-6-8-13(3)14-9-4-5-10-15(14)11-16-15;1-5(2,9)3-6-4(7)8/h7-8,14H,4-6,9-11H2,1-3H3;6,9H,3H2,1-2H3,(H,7,8)/b13-8+;. The molecule has 1 amide bonds. The lowest BCUT2D eigenvalue weighted by Crippen LogP contribution is -2.37. The van der Waals surface area contributed by atoms with Crippen LogP contribution in [0, 0.1) is 5.92 Å². The fourth-order valence-electron chi connectivity index (χ4n) is 3.21. The zero-order valence-electron chi connectivity index (χ0n) is 16.4. The largest absolute Gasteiger partial charge is 0.465 e. The van der Waals surface area contributed by atoms with Gasteiger partial charge in [-0.25, -0.2) is 4.79 Å². The van der Waals surface area contributed by atoms with Gasteiger partial charge in [-0.05, 0) is 53.9 Å². The summed E-state index contributed by atoms with van der Waals surface area (Å²) in [5.41, 5.74) is 2.27. The quantitative estimate of drug-likeness (QED) is 0.509. The number of carbonyl (C=O) groups is 1. The molecule has 3 N–H and O–H groups in total. The molecule has 0 aromatic carbocycles. The van der Waals surface area contributed by atoms with E-state index in [1.54, 1.807) is 5.57 Å². The van der Waals surface area contributed by atoms with Crippen molar-refractivity contribution in [2.24, 2.45) is 5.92 Å². The number of amides is 1. The van der Waals surface area contributed by atoms with Gasteiger partial charge in [-0.1, -0.05) is 36.1 Å². The summed E-state index contributed by atoms with van der Waals surface area (Å²) in [6.45, 7) is 10.7. The first-order valence-electron chi connectivity index (χ1n) is 9.19. The van der Waals surface area contributed by atoms with Crippen LogP contribution >= 0.6 is 0 Å². The van der Waals surface area contributed by atoms with Gasteiger partial charge in [0, 0.05) is 12.5 Å². The van der Waals surface area contributed by atoms with Crippen LogP contribution in [0.5, 0.6) is 0 Å². The third kappa shape index (κ3) is 8.54. The smallest absolute Gasteiger partial charge is 0.404 e. The van der Waals surface area contributed by atoms with Crippen molar-refractivity contribution in [2.45, 2.75) is 77.9 Å². The monoisotopic (exact) mass is 353 g/mol. The van der Waals surface area contributed by atoms with Gasteiger partial charge in [-0.15, -0.1) is 0 Å². The van der Waals surface area contributed by atoms with Crippen LogP contribution in [0.4, 0.5) is 4.79 Å². The molecule has 1 aliphatic carbocycles. The van der Waals surface area contributed by atoms with Crippen LogP contribution < -0.4 is 5.32 Å². The Morgan fingerprint density at radius 3 is 2.36 bits per heavy atom. The summed E-state index contributed by atoms with van der Waals surface area (Å²) in [5.74, 6) is 0.701. The van der Waals surface area contributed by atoms with E-state index in [1.165, 1.54) is 45.1 Å².